The summed E-state index contributed by atoms with van der Waals surface area (Å²) in [6, 6.07) is 10.3. The monoisotopic (exact) mass is 411 g/mol. The maximum Gasteiger partial charge on any atom is 0.151 e. The highest BCUT2D eigenvalue weighted by Crippen LogP contribution is 2.64. The first kappa shape index (κ1) is 19.4. The zero-order valence-electron chi connectivity index (χ0n) is 15.1. The molecule has 1 aliphatic heterocycles. The van der Waals surface area contributed by atoms with E-state index in [9.17, 15) is 23.0 Å². The van der Waals surface area contributed by atoms with Crippen LogP contribution in [0, 0.1) is 11.6 Å². The normalized spacial score (nSPS) is 20.2. The molecule has 1 atom stereocenters. The molecule has 1 aliphatic carbocycles. The van der Waals surface area contributed by atoms with Crippen LogP contribution in [0.15, 0.2) is 42.5 Å². The van der Waals surface area contributed by atoms with Crippen LogP contribution in [0.2, 0.25) is 0 Å². The van der Waals surface area contributed by atoms with Crippen LogP contribution in [0.1, 0.15) is 19.3 Å². The molecule has 1 saturated carbocycles. The number of rotatable bonds is 7. The lowest BCUT2D eigenvalue weighted by Gasteiger charge is -2.44. The molecule has 2 aromatic rings. The van der Waals surface area contributed by atoms with Gasteiger partial charge in [0.2, 0.25) is 0 Å². The maximum atomic E-state index is 14.4. The van der Waals surface area contributed by atoms with Gasteiger partial charge in [0.15, 0.2) is 5.82 Å². The van der Waals surface area contributed by atoms with E-state index in [0.717, 1.165) is 23.2 Å². The van der Waals surface area contributed by atoms with E-state index in [0.29, 0.717) is 36.4 Å². The topological polar surface area (TPSA) is 79.2 Å². The number of para-hydroxylation sites is 2. The standard InChI is InChI=1S/C19H23F2N3O3S/c20-13-5-8-17(16(21)11-13)24-19-4-2-1-3-18(19)23(28(24,26)27)10-9-15(25)12-22-14-6-7-14/h1-5,8,11,14-15,22,25-27H,6-7,9-10,12H2/t15-/m0/s1. The second-order valence-corrected chi connectivity index (χ2v) is 8.88. The van der Waals surface area contributed by atoms with Gasteiger partial charge < -0.3 is 10.4 Å². The average Bonchev–Trinajstić information content (AvgIpc) is 3.44. The van der Waals surface area contributed by atoms with Gasteiger partial charge in [0.25, 0.3) is 0 Å². The number of hydrogen-bond acceptors (Lipinski definition) is 6. The minimum Gasteiger partial charge on any atom is -0.392 e. The Morgan fingerprint density at radius 1 is 1.07 bits per heavy atom. The van der Waals surface area contributed by atoms with Crippen LogP contribution in [0.5, 0.6) is 0 Å². The molecule has 0 saturated heterocycles. The lowest BCUT2D eigenvalue weighted by molar-refractivity contribution is 0.164. The summed E-state index contributed by atoms with van der Waals surface area (Å²) in [5, 5.41) is 13.4. The summed E-state index contributed by atoms with van der Waals surface area (Å²) in [7, 11) is -3.62. The summed E-state index contributed by atoms with van der Waals surface area (Å²) in [5.41, 5.74) is 0.819. The van der Waals surface area contributed by atoms with Crippen molar-refractivity contribution in [3.63, 3.8) is 0 Å². The fourth-order valence-electron chi connectivity index (χ4n) is 3.32. The Morgan fingerprint density at radius 3 is 2.46 bits per heavy atom. The number of nitrogens with one attached hydrogen (secondary N) is 1. The van der Waals surface area contributed by atoms with Gasteiger partial charge in [-0.3, -0.25) is 13.4 Å². The van der Waals surface area contributed by atoms with Gasteiger partial charge in [-0.05, 0) is 54.5 Å². The number of fused-ring (bicyclic) bond motifs is 1. The third kappa shape index (κ3) is 3.68. The fourth-order valence-corrected chi connectivity index (χ4v) is 5.11. The van der Waals surface area contributed by atoms with Crippen LogP contribution in [0.25, 0.3) is 0 Å². The highest BCUT2D eigenvalue weighted by molar-refractivity contribution is 8.27. The lowest BCUT2D eigenvalue weighted by Crippen LogP contribution is -2.35. The van der Waals surface area contributed by atoms with Gasteiger partial charge >= 0.3 is 0 Å². The Labute approximate surface area is 164 Å². The molecule has 0 aromatic heterocycles. The van der Waals surface area contributed by atoms with Gasteiger partial charge in [0.05, 0.1) is 17.5 Å². The number of hydrogen-bond donors (Lipinski definition) is 4. The van der Waals surface area contributed by atoms with Crippen molar-refractivity contribution in [1.82, 2.24) is 5.32 Å². The largest absolute Gasteiger partial charge is 0.392 e. The number of aliphatic hydroxyl groups is 1. The molecule has 2 aromatic carbocycles. The van der Waals surface area contributed by atoms with E-state index in [1.54, 1.807) is 24.3 Å². The summed E-state index contributed by atoms with van der Waals surface area (Å²) in [5.74, 6) is -1.63. The third-order valence-corrected chi connectivity index (χ3v) is 6.78. The molecule has 4 N–H and O–H groups in total. The van der Waals surface area contributed by atoms with Crippen LogP contribution in [-0.2, 0) is 0 Å². The van der Waals surface area contributed by atoms with Crippen molar-refractivity contribution >= 4 is 28.0 Å². The summed E-state index contributed by atoms with van der Waals surface area (Å²) >= 11 is 0. The van der Waals surface area contributed by atoms with Crippen LogP contribution >= 0.6 is 11.0 Å². The molecule has 4 rings (SSSR count). The second kappa shape index (κ2) is 7.49. The van der Waals surface area contributed by atoms with E-state index in [-0.39, 0.29) is 12.2 Å². The van der Waals surface area contributed by atoms with Gasteiger partial charge in [-0.25, -0.2) is 13.1 Å². The van der Waals surface area contributed by atoms with Crippen molar-refractivity contribution in [2.45, 2.75) is 31.4 Å². The molecule has 0 bridgehead atoms. The molecule has 0 unspecified atom stereocenters. The van der Waals surface area contributed by atoms with Crippen molar-refractivity contribution < 1.29 is 23.0 Å². The van der Waals surface area contributed by atoms with E-state index in [4.69, 9.17) is 0 Å². The Hall–Kier alpha value is -1.91. The zero-order valence-corrected chi connectivity index (χ0v) is 15.9. The van der Waals surface area contributed by atoms with E-state index in [2.05, 4.69) is 5.32 Å². The lowest BCUT2D eigenvalue weighted by atomic mass is 10.2. The van der Waals surface area contributed by atoms with Crippen molar-refractivity contribution in [1.29, 1.82) is 0 Å². The Kier molecular flexibility index (Phi) is 5.19. The highest BCUT2D eigenvalue weighted by Gasteiger charge is 2.42. The summed E-state index contributed by atoms with van der Waals surface area (Å²) < 4.78 is 52.1. The molecule has 0 amide bonds. The predicted octanol–water partition coefficient (Wildman–Crippen LogP) is 4.01. The first-order valence-corrected chi connectivity index (χ1v) is 10.7. The number of aliphatic hydroxyl groups excluding tert-OH is 1. The highest BCUT2D eigenvalue weighted by atomic mass is 32.3. The SMILES string of the molecule is O[C@@H](CCN1c2ccccc2N(c2ccc(F)cc2F)S1(O)O)CNC1CC1. The summed E-state index contributed by atoms with van der Waals surface area (Å²) in [4.78, 5) is 0. The van der Waals surface area contributed by atoms with E-state index >= 15 is 0 Å². The summed E-state index contributed by atoms with van der Waals surface area (Å²) in [6.45, 7) is 0.613. The zero-order chi connectivity index (χ0) is 19.9. The molecule has 0 spiro atoms. The van der Waals surface area contributed by atoms with Crippen LogP contribution < -0.4 is 13.9 Å². The van der Waals surface area contributed by atoms with Gasteiger partial charge in [-0.1, -0.05) is 12.1 Å². The quantitative estimate of drug-likeness (QED) is 0.552. The van der Waals surface area contributed by atoms with Crippen molar-refractivity contribution in [2.75, 3.05) is 21.7 Å². The Morgan fingerprint density at radius 2 is 1.79 bits per heavy atom. The molecule has 28 heavy (non-hydrogen) atoms. The first-order chi connectivity index (χ1) is 13.4. The Balaban J connectivity index is 1.59. The van der Waals surface area contributed by atoms with Crippen LogP contribution in [0.3, 0.4) is 0 Å². The van der Waals surface area contributed by atoms with Gasteiger partial charge in [0, 0.05) is 25.2 Å². The van der Waals surface area contributed by atoms with Gasteiger partial charge in [-0.2, -0.15) is 0 Å². The first-order valence-electron chi connectivity index (χ1n) is 9.19. The van der Waals surface area contributed by atoms with Crippen LogP contribution in [-0.4, -0.2) is 39.4 Å². The molecule has 1 heterocycles. The minimum atomic E-state index is -3.62. The molecular formula is C19H23F2N3O3S. The van der Waals surface area contributed by atoms with E-state index in [1.807, 2.05) is 0 Å². The molecule has 1 fully saturated rings. The molecule has 152 valence electrons. The van der Waals surface area contributed by atoms with E-state index in [1.165, 1.54) is 10.4 Å². The fraction of sp³-hybridized carbons (Fsp3) is 0.368. The maximum absolute atomic E-state index is 14.4. The number of anilines is 3. The van der Waals surface area contributed by atoms with Crippen molar-refractivity contribution in [3.05, 3.63) is 54.1 Å². The Bertz CT molecular complexity index is 866. The smallest absolute Gasteiger partial charge is 0.151 e. The van der Waals surface area contributed by atoms with Crippen LogP contribution in [0.4, 0.5) is 25.8 Å². The van der Waals surface area contributed by atoms with Crippen molar-refractivity contribution in [3.8, 4) is 0 Å². The minimum absolute atomic E-state index is 0.118. The van der Waals surface area contributed by atoms with E-state index < -0.39 is 28.7 Å². The molecule has 9 heteroatoms. The number of halogens is 2. The molecule has 6 nitrogen and oxygen atoms in total. The van der Waals surface area contributed by atoms with Gasteiger partial charge in [0.1, 0.15) is 11.5 Å². The molecular weight excluding hydrogens is 388 g/mol. The van der Waals surface area contributed by atoms with Gasteiger partial charge in [-0.15, -0.1) is 0 Å². The number of benzene rings is 2. The average molecular weight is 411 g/mol. The number of nitrogens with zero attached hydrogens (tertiary/aromatic N) is 2. The summed E-state index contributed by atoms with van der Waals surface area (Å²) in [6.07, 6.45) is 1.90. The predicted molar refractivity (Wildman–Crippen MR) is 107 cm³/mol. The third-order valence-electron chi connectivity index (χ3n) is 4.92. The van der Waals surface area contributed by atoms with Crippen molar-refractivity contribution in [2.24, 2.45) is 0 Å². The molecule has 0 radical (unpaired) electrons. The molecule has 2 aliphatic rings. The second-order valence-electron chi connectivity index (χ2n) is 7.10.